The molecule has 104 valence electrons. The Morgan fingerprint density at radius 2 is 2.32 bits per heavy atom. The molecule has 2 aliphatic rings. The Morgan fingerprint density at radius 1 is 1.47 bits per heavy atom. The number of ether oxygens (including phenoxy) is 2. The standard InChI is InChI=1S/C14H21N3O2/c1-2-18-12-9-14(19-10-12)5-3-8-17(11-14)13-15-6-4-7-16-13/h4,6-7,12H,2-3,5,8-11H2,1H3/t12-,14-/m0/s1. The lowest BCUT2D eigenvalue weighted by Crippen LogP contribution is -2.48. The fourth-order valence-corrected chi connectivity index (χ4v) is 3.15. The average Bonchev–Trinajstić information content (AvgIpc) is 2.83. The molecule has 2 fully saturated rings. The molecule has 19 heavy (non-hydrogen) atoms. The molecule has 3 rings (SSSR count). The van der Waals surface area contributed by atoms with E-state index in [1.54, 1.807) is 12.4 Å². The highest BCUT2D eigenvalue weighted by atomic mass is 16.6. The highest BCUT2D eigenvalue weighted by Crippen LogP contribution is 2.36. The molecular formula is C14H21N3O2. The van der Waals surface area contributed by atoms with E-state index >= 15 is 0 Å². The van der Waals surface area contributed by atoms with Crippen LogP contribution in [0.25, 0.3) is 0 Å². The third-order valence-electron chi connectivity index (χ3n) is 3.95. The predicted molar refractivity (Wildman–Crippen MR) is 72.2 cm³/mol. The molecule has 0 N–H and O–H groups in total. The molecule has 0 radical (unpaired) electrons. The van der Waals surface area contributed by atoms with Crippen LogP contribution < -0.4 is 4.90 Å². The summed E-state index contributed by atoms with van der Waals surface area (Å²) < 4.78 is 11.8. The van der Waals surface area contributed by atoms with Crippen molar-refractivity contribution in [2.24, 2.45) is 0 Å². The van der Waals surface area contributed by atoms with E-state index in [1.165, 1.54) is 0 Å². The second kappa shape index (κ2) is 5.43. The van der Waals surface area contributed by atoms with Crippen LogP contribution in [-0.2, 0) is 9.47 Å². The molecule has 5 heteroatoms. The van der Waals surface area contributed by atoms with Crippen molar-refractivity contribution in [3.8, 4) is 0 Å². The van der Waals surface area contributed by atoms with Crippen molar-refractivity contribution >= 4 is 5.95 Å². The molecule has 1 aromatic heterocycles. The van der Waals surface area contributed by atoms with Crippen LogP contribution in [0.4, 0.5) is 5.95 Å². The summed E-state index contributed by atoms with van der Waals surface area (Å²) in [6, 6.07) is 1.85. The Balaban J connectivity index is 1.69. The van der Waals surface area contributed by atoms with Gasteiger partial charge < -0.3 is 14.4 Å². The summed E-state index contributed by atoms with van der Waals surface area (Å²) in [5, 5.41) is 0. The summed E-state index contributed by atoms with van der Waals surface area (Å²) in [6.45, 7) is 5.40. The van der Waals surface area contributed by atoms with Gasteiger partial charge in [0, 0.05) is 38.5 Å². The SMILES string of the molecule is CCO[C@@H]1CO[C@@]2(CCCN(c3ncccn3)C2)C1. The van der Waals surface area contributed by atoms with Crippen LogP contribution in [0, 0.1) is 0 Å². The molecular weight excluding hydrogens is 242 g/mol. The van der Waals surface area contributed by atoms with Crippen molar-refractivity contribution in [2.75, 3.05) is 31.2 Å². The van der Waals surface area contributed by atoms with Gasteiger partial charge in [0.15, 0.2) is 0 Å². The number of nitrogens with zero attached hydrogens (tertiary/aromatic N) is 3. The van der Waals surface area contributed by atoms with Gasteiger partial charge in [-0.2, -0.15) is 0 Å². The van der Waals surface area contributed by atoms with E-state index < -0.39 is 0 Å². The largest absolute Gasteiger partial charge is 0.376 e. The first-order valence-electron chi connectivity index (χ1n) is 7.09. The Hall–Kier alpha value is -1.20. The lowest BCUT2D eigenvalue weighted by molar-refractivity contribution is -0.0119. The minimum absolute atomic E-state index is 0.0582. The third kappa shape index (κ3) is 2.72. The first kappa shape index (κ1) is 12.8. The fourth-order valence-electron chi connectivity index (χ4n) is 3.15. The normalized spacial score (nSPS) is 31.0. The van der Waals surface area contributed by atoms with Crippen LogP contribution >= 0.6 is 0 Å². The Labute approximate surface area is 113 Å². The van der Waals surface area contributed by atoms with Crippen molar-refractivity contribution < 1.29 is 9.47 Å². The van der Waals surface area contributed by atoms with Gasteiger partial charge in [0.1, 0.15) is 0 Å². The molecule has 0 amide bonds. The molecule has 3 heterocycles. The summed E-state index contributed by atoms with van der Waals surface area (Å²) in [6.07, 6.45) is 7.06. The minimum atomic E-state index is -0.0582. The maximum atomic E-state index is 6.08. The number of hydrogen-bond acceptors (Lipinski definition) is 5. The first-order valence-corrected chi connectivity index (χ1v) is 7.09. The Bertz CT molecular complexity index is 414. The number of piperidine rings is 1. The lowest BCUT2D eigenvalue weighted by atomic mass is 9.89. The number of aromatic nitrogens is 2. The van der Waals surface area contributed by atoms with Crippen LogP contribution in [0.5, 0.6) is 0 Å². The molecule has 2 aliphatic heterocycles. The van der Waals surface area contributed by atoms with Gasteiger partial charge in [-0.3, -0.25) is 0 Å². The third-order valence-corrected chi connectivity index (χ3v) is 3.95. The van der Waals surface area contributed by atoms with Crippen LogP contribution in [0.2, 0.25) is 0 Å². The molecule has 0 aliphatic carbocycles. The van der Waals surface area contributed by atoms with Gasteiger partial charge in [-0.1, -0.05) is 0 Å². The van der Waals surface area contributed by atoms with Crippen LogP contribution in [0.15, 0.2) is 18.5 Å². The highest BCUT2D eigenvalue weighted by molar-refractivity contribution is 5.31. The van der Waals surface area contributed by atoms with E-state index in [9.17, 15) is 0 Å². The van der Waals surface area contributed by atoms with E-state index in [2.05, 4.69) is 14.9 Å². The lowest BCUT2D eigenvalue weighted by Gasteiger charge is -2.39. The van der Waals surface area contributed by atoms with Gasteiger partial charge in [-0.05, 0) is 25.8 Å². The Kier molecular flexibility index (Phi) is 3.66. The molecule has 0 aromatic carbocycles. The van der Waals surface area contributed by atoms with E-state index in [-0.39, 0.29) is 11.7 Å². The van der Waals surface area contributed by atoms with E-state index in [4.69, 9.17) is 9.47 Å². The molecule has 5 nitrogen and oxygen atoms in total. The number of rotatable bonds is 3. The zero-order chi connectivity index (χ0) is 13.1. The zero-order valence-electron chi connectivity index (χ0n) is 11.4. The van der Waals surface area contributed by atoms with Crippen LogP contribution in [-0.4, -0.2) is 48.0 Å². The van der Waals surface area contributed by atoms with Crippen molar-refractivity contribution in [3.05, 3.63) is 18.5 Å². The van der Waals surface area contributed by atoms with Crippen LogP contribution in [0.3, 0.4) is 0 Å². The minimum Gasteiger partial charge on any atom is -0.376 e. The number of hydrogen-bond donors (Lipinski definition) is 0. The quantitative estimate of drug-likeness (QED) is 0.829. The van der Waals surface area contributed by atoms with Gasteiger partial charge in [0.25, 0.3) is 0 Å². The zero-order valence-corrected chi connectivity index (χ0v) is 11.4. The van der Waals surface area contributed by atoms with Gasteiger partial charge >= 0.3 is 0 Å². The number of anilines is 1. The summed E-state index contributed by atoms with van der Waals surface area (Å²) >= 11 is 0. The molecule has 0 saturated carbocycles. The maximum absolute atomic E-state index is 6.08. The second-order valence-electron chi connectivity index (χ2n) is 5.35. The van der Waals surface area contributed by atoms with Crippen molar-refractivity contribution in [2.45, 2.75) is 37.9 Å². The molecule has 0 unspecified atom stereocenters. The van der Waals surface area contributed by atoms with Gasteiger partial charge in [0.2, 0.25) is 5.95 Å². The molecule has 1 spiro atoms. The summed E-state index contributed by atoms with van der Waals surface area (Å²) in [4.78, 5) is 10.9. The second-order valence-corrected chi connectivity index (χ2v) is 5.35. The topological polar surface area (TPSA) is 47.5 Å². The van der Waals surface area contributed by atoms with E-state index in [0.29, 0.717) is 0 Å². The summed E-state index contributed by atoms with van der Waals surface area (Å²) in [7, 11) is 0. The molecule has 1 aromatic rings. The molecule has 2 saturated heterocycles. The van der Waals surface area contributed by atoms with Gasteiger partial charge in [-0.25, -0.2) is 9.97 Å². The predicted octanol–water partition coefficient (Wildman–Crippen LogP) is 1.64. The van der Waals surface area contributed by atoms with E-state index in [1.807, 2.05) is 13.0 Å². The maximum Gasteiger partial charge on any atom is 0.225 e. The fraction of sp³-hybridized carbons (Fsp3) is 0.714. The smallest absolute Gasteiger partial charge is 0.225 e. The summed E-state index contributed by atoms with van der Waals surface area (Å²) in [5.74, 6) is 0.810. The van der Waals surface area contributed by atoms with Crippen molar-refractivity contribution in [1.82, 2.24) is 9.97 Å². The van der Waals surface area contributed by atoms with Crippen molar-refractivity contribution in [3.63, 3.8) is 0 Å². The molecule has 0 bridgehead atoms. The average molecular weight is 263 g/mol. The Morgan fingerprint density at radius 3 is 3.11 bits per heavy atom. The molecule has 2 atom stereocenters. The van der Waals surface area contributed by atoms with Crippen LogP contribution in [0.1, 0.15) is 26.2 Å². The van der Waals surface area contributed by atoms with Crippen molar-refractivity contribution in [1.29, 1.82) is 0 Å². The monoisotopic (exact) mass is 263 g/mol. The van der Waals surface area contributed by atoms with E-state index in [0.717, 1.165) is 51.5 Å². The first-order chi connectivity index (χ1) is 9.31. The van der Waals surface area contributed by atoms with Gasteiger partial charge in [-0.15, -0.1) is 0 Å². The van der Waals surface area contributed by atoms with Gasteiger partial charge in [0.05, 0.1) is 18.3 Å². The highest BCUT2D eigenvalue weighted by Gasteiger charge is 2.44. The summed E-state index contributed by atoms with van der Waals surface area (Å²) in [5.41, 5.74) is -0.0582.